The molecule has 0 saturated heterocycles. The molecule has 3 rings (SSSR count). The number of aromatic nitrogens is 2. The maximum absolute atomic E-state index is 12.4. The van der Waals surface area contributed by atoms with E-state index in [1.807, 2.05) is 36.8 Å². The molecule has 2 aromatic carbocycles. The van der Waals surface area contributed by atoms with Gasteiger partial charge in [0.2, 0.25) is 0 Å². The smallest absolute Gasteiger partial charge is 0.285 e. The van der Waals surface area contributed by atoms with Crippen LogP contribution in [0.25, 0.3) is 5.69 Å². The van der Waals surface area contributed by atoms with E-state index in [0.29, 0.717) is 11.4 Å². The zero-order chi connectivity index (χ0) is 19.6. The van der Waals surface area contributed by atoms with Crippen molar-refractivity contribution in [1.29, 1.82) is 0 Å². The Morgan fingerprint density at radius 2 is 1.74 bits per heavy atom. The zero-order valence-electron chi connectivity index (χ0n) is 15.1. The van der Waals surface area contributed by atoms with E-state index in [4.69, 9.17) is 4.74 Å². The van der Waals surface area contributed by atoms with Crippen molar-refractivity contribution in [3.8, 4) is 11.4 Å². The summed E-state index contributed by atoms with van der Waals surface area (Å²) in [6.45, 7) is 3.78. The summed E-state index contributed by atoms with van der Waals surface area (Å²) in [6, 6.07) is 11.8. The van der Waals surface area contributed by atoms with Gasteiger partial charge in [0.1, 0.15) is 17.8 Å². The number of carbonyl (C=O) groups excluding carboxylic acids is 1. The molecule has 0 atom stereocenters. The van der Waals surface area contributed by atoms with E-state index < -0.39 is 15.9 Å². The number of aryl methyl sites for hydroxylation is 2. The second kappa shape index (κ2) is 7.24. The highest BCUT2D eigenvalue weighted by Crippen LogP contribution is 2.24. The lowest BCUT2D eigenvalue weighted by Crippen LogP contribution is -2.30. The maximum Gasteiger partial charge on any atom is 0.285 e. The third-order valence-electron chi connectivity index (χ3n) is 3.99. The second-order valence-electron chi connectivity index (χ2n) is 6.09. The van der Waals surface area contributed by atoms with Crippen molar-refractivity contribution in [2.24, 2.45) is 0 Å². The molecule has 3 aromatic rings. The number of methoxy groups -OCH3 is 1. The summed E-state index contributed by atoms with van der Waals surface area (Å²) >= 11 is 0. The highest BCUT2D eigenvalue weighted by atomic mass is 32.2. The van der Waals surface area contributed by atoms with Gasteiger partial charge in [-0.15, -0.1) is 0 Å². The fourth-order valence-corrected chi connectivity index (χ4v) is 3.49. The van der Waals surface area contributed by atoms with Gasteiger partial charge in [-0.2, -0.15) is 0 Å². The highest BCUT2D eigenvalue weighted by Gasteiger charge is 2.20. The molecule has 1 N–H and O–H groups in total. The molecule has 1 amide bonds. The Kier molecular flexibility index (Phi) is 5.00. The van der Waals surface area contributed by atoms with E-state index in [1.54, 1.807) is 23.8 Å². The van der Waals surface area contributed by atoms with E-state index >= 15 is 0 Å². The normalized spacial score (nSPS) is 11.2. The SMILES string of the molecule is COc1ccc(C)cc1-n1cnc(C(=O)NS(=O)(=O)c2ccc(C)cc2)c1. The molecule has 0 spiro atoms. The van der Waals surface area contributed by atoms with Crippen LogP contribution >= 0.6 is 0 Å². The topological polar surface area (TPSA) is 90.3 Å². The van der Waals surface area contributed by atoms with Gasteiger partial charge in [0, 0.05) is 6.20 Å². The summed E-state index contributed by atoms with van der Waals surface area (Å²) in [7, 11) is -2.42. The number of amides is 1. The number of nitrogens with one attached hydrogen (secondary N) is 1. The summed E-state index contributed by atoms with van der Waals surface area (Å²) in [5, 5.41) is 0. The number of nitrogens with zero attached hydrogens (tertiary/aromatic N) is 2. The molecule has 0 fully saturated rings. The Morgan fingerprint density at radius 1 is 1.07 bits per heavy atom. The van der Waals surface area contributed by atoms with Crippen molar-refractivity contribution < 1.29 is 17.9 Å². The summed E-state index contributed by atoms with van der Waals surface area (Å²) in [5.41, 5.74) is 2.61. The van der Waals surface area contributed by atoms with E-state index in [-0.39, 0.29) is 10.6 Å². The summed E-state index contributed by atoms with van der Waals surface area (Å²) in [6.07, 6.45) is 2.89. The average molecular weight is 385 g/mol. The third-order valence-corrected chi connectivity index (χ3v) is 5.33. The molecule has 27 heavy (non-hydrogen) atoms. The standard InChI is InChI=1S/C19H19N3O4S/c1-13-4-7-15(8-5-13)27(24,25)21-19(23)16-11-22(12-20-16)17-10-14(2)6-9-18(17)26-3/h4-12H,1-3H3,(H,21,23). The van der Waals surface area contributed by atoms with Crippen LogP contribution in [0, 0.1) is 13.8 Å². The third kappa shape index (κ3) is 4.01. The molecule has 140 valence electrons. The van der Waals surface area contributed by atoms with Crippen LogP contribution in [-0.4, -0.2) is 31.0 Å². The summed E-state index contributed by atoms with van der Waals surface area (Å²) < 4.78 is 33.7. The number of ether oxygens (including phenoxy) is 1. The number of sulfonamides is 1. The molecule has 0 aliphatic rings. The lowest BCUT2D eigenvalue weighted by molar-refractivity contribution is 0.0977. The summed E-state index contributed by atoms with van der Waals surface area (Å²) in [4.78, 5) is 16.4. The lowest BCUT2D eigenvalue weighted by atomic mass is 10.2. The van der Waals surface area contributed by atoms with Gasteiger partial charge in [-0.3, -0.25) is 4.79 Å². The van der Waals surface area contributed by atoms with Crippen molar-refractivity contribution in [3.63, 3.8) is 0 Å². The Bertz CT molecular complexity index is 1090. The van der Waals surface area contributed by atoms with Crippen molar-refractivity contribution in [2.45, 2.75) is 18.7 Å². The van der Waals surface area contributed by atoms with Crippen LogP contribution in [-0.2, 0) is 10.0 Å². The predicted molar refractivity (Wildman–Crippen MR) is 101 cm³/mol. The molecular formula is C19H19N3O4S. The van der Waals surface area contributed by atoms with Gasteiger partial charge in [0.05, 0.1) is 17.7 Å². The minimum absolute atomic E-state index is 0.0150. The van der Waals surface area contributed by atoms with Gasteiger partial charge < -0.3 is 9.30 Å². The molecule has 0 aliphatic heterocycles. The zero-order valence-corrected chi connectivity index (χ0v) is 15.9. The van der Waals surface area contributed by atoms with Crippen LogP contribution in [0.3, 0.4) is 0 Å². The van der Waals surface area contributed by atoms with Crippen molar-refractivity contribution >= 4 is 15.9 Å². The molecule has 0 aliphatic carbocycles. The number of hydrogen-bond acceptors (Lipinski definition) is 5. The largest absolute Gasteiger partial charge is 0.495 e. The molecule has 0 unspecified atom stereocenters. The van der Waals surface area contributed by atoms with E-state index in [1.165, 1.54) is 24.7 Å². The van der Waals surface area contributed by atoms with Crippen LogP contribution < -0.4 is 9.46 Å². The van der Waals surface area contributed by atoms with Crippen molar-refractivity contribution in [3.05, 3.63) is 71.8 Å². The van der Waals surface area contributed by atoms with Gasteiger partial charge in [-0.05, 0) is 43.7 Å². The average Bonchev–Trinajstić information content (AvgIpc) is 3.12. The van der Waals surface area contributed by atoms with Crippen molar-refractivity contribution in [2.75, 3.05) is 7.11 Å². The van der Waals surface area contributed by atoms with Crippen molar-refractivity contribution in [1.82, 2.24) is 14.3 Å². The monoisotopic (exact) mass is 385 g/mol. The molecule has 1 heterocycles. The van der Waals surface area contributed by atoms with Gasteiger partial charge in [-0.1, -0.05) is 23.8 Å². The number of carbonyl (C=O) groups is 1. The van der Waals surface area contributed by atoms with Crippen LogP contribution in [0.4, 0.5) is 0 Å². The van der Waals surface area contributed by atoms with Crippen LogP contribution in [0.15, 0.2) is 59.9 Å². The van der Waals surface area contributed by atoms with Gasteiger partial charge in [-0.25, -0.2) is 18.1 Å². The van der Waals surface area contributed by atoms with Gasteiger partial charge in [0.15, 0.2) is 0 Å². The molecule has 0 radical (unpaired) electrons. The van der Waals surface area contributed by atoms with E-state index in [9.17, 15) is 13.2 Å². The predicted octanol–water partition coefficient (Wildman–Crippen LogP) is 2.62. The molecular weight excluding hydrogens is 366 g/mol. The Labute approximate surface area is 157 Å². The number of benzene rings is 2. The van der Waals surface area contributed by atoms with E-state index in [0.717, 1.165) is 11.1 Å². The number of hydrogen-bond donors (Lipinski definition) is 1. The van der Waals surface area contributed by atoms with Crippen LogP contribution in [0.1, 0.15) is 21.6 Å². The fraction of sp³-hybridized carbons (Fsp3) is 0.158. The summed E-state index contributed by atoms with van der Waals surface area (Å²) in [5.74, 6) is -0.196. The van der Waals surface area contributed by atoms with Gasteiger partial charge in [0.25, 0.3) is 15.9 Å². The minimum atomic E-state index is -3.97. The lowest BCUT2D eigenvalue weighted by Gasteiger charge is -2.09. The molecule has 8 heteroatoms. The molecule has 0 bridgehead atoms. The Balaban J connectivity index is 1.85. The first kappa shape index (κ1) is 18.7. The first-order valence-electron chi connectivity index (χ1n) is 8.13. The molecule has 0 saturated carbocycles. The first-order chi connectivity index (χ1) is 12.8. The minimum Gasteiger partial charge on any atom is -0.495 e. The van der Waals surface area contributed by atoms with E-state index in [2.05, 4.69) is 4.98 Å². The maximum atomic E-state index is 12.4. The number of rotatable bonds is 5. The fourth-order valence-electron chi connectivity index (χ4n) is 2.52. The van der Waals surface area contributed by atoms with Crippen LogP contribution in [0.2, 0.25) is 0 Å². The van der Waals surface area contributed by atoms with Gasteiger partial charge >= 0.3 is 0 Å². The quantitative estimate of drug-likeness (QED) is 0.729. The molecule has 1 aromatic heterocycles. The first-order valence-corrected chi connectivity index (χ1v) is 9.61. The van der Waals surface area contributed by atoms with Crippen LogP contribution in [0.5, 0.6) is 5.75 Å². The highest BCUT2D eigenvalue weighted by molar-refractivity contribution is 7.90. The Morgan fingerprint density at radius 3 is 2.41 bits per heavy atom. The molecule has 7 nitrogen and oxygen atoms in total. The Hall–Kier alpha value is -3.13. The second-order valence-corrected chi connectivity index (χ2v) is 7.77. The number of imidazole rings is 1.